The molecule has 0 saturated carbocycles. The van der Waals surface area contributed by atoms with E-state index < -0.39 is 21.3 Å². The number of hydrogen-bond donors (Lipinski definition) is 1. The Morgan fingerprint density at radius 1 is 1.38 bits per heavy atom. The van der Waals surface area contributed by atoms with E-state index in [2.05, 4.69) is 0 Å². The molecular formula is C11H15FO3S. The zero-order chi connectivity index (χ0) is 12.4. The molecule has 0 aliphatic heterocycles. The van der Waals surface area contributed by atoms with Crippen LogP contribution in [0, 0.1) is 5.82 Å². The summed E-state index contributed by atoms with van der Waals surface area (Å²) in [5.74, 6) is -0.774. The van der Waals surface area contributed by atoms with E-state index in [1.165, 1.54) is 32.0 Å². The van der Waals surface area contributed by atoms with Gasteiger partial charge in [0, 0.05) is 0 Å². The predicted octanol–water partition coefficient (Wildman–Crippen LogP) is 1.76. The molecule has 0 heterocycles. The van der Waals surface area contributed by atoms with Crippen molar-refractivity contribution in [3.63, 3.8) is 0 Å². The van der Waals surface area contributed by atoms with Crippen LogP contribution in [0.2, 0.25) is 0 Å². The quantitative estimate of drug-likeness (QED) is 0.880. The number of aliphatic hydroxyl groups is 1. The van der Waals surface area contributed by atoms with E-state index in [1.807, 2.05) is 0 Å². The summed E-state index contributed by atoms with van der Waals surface area (Å²) in [5, 5.41) is 9.44. The molecule has 0 bridgehead atoms. The molecule has 1 N–H and O–H groups in total. The maximum Gasteiger partial charge on any atom is 0.178 e. The van der Waals surface area contributed by atoms with Crippen molar-refractivity contribution < 1.29 is 17.9 Å². The van der Waals surface area contributed by atoms with Crippen LogP contribution in [0.5, 0.6) is 0 Å². The lowest BCUT2D eigenvalue weighted by Gasteiger charge is -2.16. The van der Waals surface area contributed by atoms with Gasteiger partial charge in [-0.2, -0.15) is 0 Å². The van der Waals surface area contributed by atoms with Crippen LogP contribution in [-0.4, -0.2) is 24.9 Å². The number of halogens is 1. The average Bonchev–Trinajstić information content (AvgIpc) is 2.14. The first-order valence-corrected chi connectivity index (χ1v) is 6.57. The summed E-state index contributed by atoms with van der Waals surface area (Å²) in [6.45, 7) is 3.07. The highest BCUT2D eigenvalue weighted by molar-refractivity contribution is 7.91. The van der Waals surface area contributed by atoms with Crippen molar-refractivity contribution >= 4 is 9.84 Å². The largest absolute Gasteiger partial charge is 0.390 e. The van der Waals surface area contributed by atoms with Gasteiger partial charge in [-0.3, -0.25) is 0 Å². The van der Waals surface area contributed by atoms with E-state index in [-0.39, 0.29) is 17.1 Å². The van der Waals surface area contributed by atoms with Gasteiger partial charge >= 0.3 is 0 Å². The highest BCUT2D eigenvalue weighted by atomic mass is 32.2. The molecule has 0 radical (unpaired) electrons. The van der Waals surface area contributed by atoms with Gasteiger partial charge in [-0.25, -0.2) is 12.8 Å². The van der Waals surface area contributed by atoms with E-state index in [9.17, 15) is 17.9 Å². The Bertz CT molecular complexity index is 460. The molecule has 3 nitrogen and oxygen atoms in total. The van der Waals surface area contributed by atoms with Gasteiger partial charge in [0.1, 0.15) is 5.82 Å². The Balaban J connectivity index is 2.87. The summed E-state index contributed by atoms with van der Waals surface area (Å²) < 4.78 is 36.4. The van der Waals surface area contributed by atoms with Crippen molar-refractivity contribution in [3.8, 4) is 0 Å². The monoisotopic (exact) mass is 246 g/mol. The summed E-state index contributed by atoms with van der Waals surface area (Å²) in [6.07, 6.45) is 0.117. The molecule has 0 saturated heterocycles. The topological polar surface area (TPSA) is 54.4 Å². The normalized spacial score (nSPS) is 12.8. The number of rotatable bonds is 4. The van der Waals surface area contributed by atoms with Crippen molar-refractivity contribution in [2.75, 3.05) is 5.75 Å². The molecule has 0 aromatic heterocycles. The summed E-state index contributed by atoms with van der Waals surface area (Å²) in [7, 11) is -3.52. The number of hydrogen-bond acceptors (Lipinski definition) is 3. The average molecular weight is 246 g/mol. The van der Waals surface area contributed by atoms with Crippen molar-refractivity contribution in [3.05, 3.63) is 30.1 Å². The van der Waals surface area contributed by atoms with E-state index in [1.54, 1.807) is 0 Å². The number of sulfone groups is 1. The van der Waals surface area contributed by atoms with Gasteiger partial charge in [0.15, 0.2) is 9.84 Å². The lowest BCUT2D eigenvalue weighted by Crippen LogP contribution is -2.23. The highest BCUT2D eigenvalue weighted by Gasteiger charge is 2.20. The first kappa shape index (κ1) is 13.1. The minimum absolute atomic E-state index is 0.0447. The molecule has 5 heteroatoms. The van der Waals surface area contributed by atoms with Crippen LogP contribution >= 0.6 is 0 Å². The summed E-state index contributed by atoms with van der Waals surface area (Å²) >= 11 is 0. The SMILES string of the molecule is CC(C)(O)CCS(=O)(=O)c1cccc(F)c1. The van der Waals surface area contributed by atoms with E-state index in [0.717, 1.165) is 6.07 Å². The van der Waals surface area contributed by atoms with Crippen molar-refractivity contribution in [2.24, 2.45) is 0 Å². The molecule has 90 valence electrons. The van der Waals surface area contributed by atoms with E-state index in [0.29, 0.717) is 0 Å². The van der Waals surface area contributed by atoms with Crippen LogP contribution in [0.25, 0.3) is 0 Å². The van der Waals surface area contributed by atoms with Gasteiger partial charge in [-0.1, -0.05) is 6.07 Å². The molecule has 0 aliphatic carbocycles. The summed E-state index contributed by atoms with van der Waals surface area (Å²) in [5.41, 5.74) is -1.04. The zero-order valence-corrected chi connectivity index (χ0v) is 10.1. The third kappa shape index (κ3) is 3.90. The molecule has 0 aliphatic rings. The van der Waals surface area contributed by atoms with Gasteiger partial charge in [0.05, 0.1) is 16.2 Å². The van der Waals surface area contributed by atoms with E-state index in [4.69, 9.17) is 0 Å². The van der Waals surface area contributed by atoms with Gasteiger partial charge in [0.25, 0.3) is 0 Å². The van der Waals surface area contributed by atoms with Crippen molar-refractivity contribution in [1.29, 1.82) is 0 Å². The maximum absolute atomic E-state index is 12.9. The Kier molecular flexibility index (Phi) is 3.70. The third-order valence-electron chi connectivity index (χ3n) is 2.14. The van der Waals surface area contributed by atoms with E-state index >= 15 is 0 Å². The minimum atomic E-state index is -3.52. The molecule has 0 amide bonds. The summed E-state index contributed by atoms with van der Waals surface area (Å²) in [6, 6.07) is 4.88. The van der Waals surface area contributed by atoms with Crippen LogP contribution in [0.15, 0.2) is 29.2 Å². The lowest BCUT2D eigenvalue weighted by molar-refractivity contribution is 0.0772. The van der Waals surface area contributed by atoms with Gasteiger partial charge in [-0.15, -0.1) is 0 Å². The highest BCUT2D eigenvalue weighted by Crippen LogP contribution is 2.16. The fraction of sp³-hybridized carbons (Fsp3) is 0.455. The van der Waals surface area contributed by atoms with Crippen LogP contribution < -0.4 is 0 Å². The molecule has 0 spiro atoms. The zero-order valence-electron chi connectivity index (χ0n) is 9.27. The van der Waals surface area contributed by atoms with Crippen molar-refractivity contribution in [2.45, 2.75) is 30.8 Å². The fourth-order valence-electron chi connectivity index (χ4n) is 1.16. The second-order valence-corrected chi connectivity index (χ2v) is 6.45. The second-order valence-electron chi connectivity index (χ2n) is 4.34. The molecule has 0 atom stereocenters. The third-order valence-corrected chi connectivity index (χ3v) is 3.85. The van der Waals surface area contributed by atoms with Crippen LogP contribution in [0.3, 0.4) is 0 Å². The standard InChI is InChI=1S/C11H15FO3S/c1-11(2,13)6-7-16(14,15)10-5-3-4-9(12)8-10/h3-5,8,13H,6-7H2,1-2H3. The Labute approximate surface area is 94.8 Å². The van der Waals surface area contributed by atoms with Crippen LogP contribution in [0.1, 0.15) is 20.3 Å². The molecule has 1 rings (SSSR count). The molecule has 1 aromatic carbocycles. The summed E-state index contributed by atoms with van der Waals surface area (Å²) in [4.78, 5) is -0.0447. The molecule has 1 aromatic rings. The fourth-order valence-corrected chi connectivity index (χ4v) is 2.74. The lowest BCUT2D eigenvalue weighted by atomic mass is 10.1. The van der Waals surface area contributed by atoms with Crippen LogP contribution in [-0.2, 0) is 9.84 Å². The predicted molar refractivity (Wildman–Crippen MR) is 59.4 cm³/mol. The minimum Gasteiger partial charge on any atom is -0.390 e. The number of benzene rings is 1. The smallest absolute Gasteiger partial charge is 0.178 e. The first-order valence-electron chi connectivity index (χ1n) is 4.91. The van der Waals surface area contributed by atoms with Crippen LogP contribution in [0.4, 0.5) is 4.39 Å². The molecule has 16 heavy (non-hydrogen) atoms. The maximum atomic E-state index is 12.9. The molecule has 0 fully saturated rings. The van der Waals surface area contributed by atoms with Gasteiger partial charge in [0.2, 0.25) is 0 Å². The first-order chi connectivity index (χ1) is 7.21. The Hall–Kier alpha value is -0.940. The Morgan fingerprint density at radius 3 is 2.50 bits per heavy atom. The van der Waals surface area contributed by atoms with Crippen molar-refractivity contribution in [1.82, 2.24) is 0 Å². The molecular weight excluding hydrogens is 231 g/mol. The Morgan fingerprint density at radius 2 is 2.00 bits per heavy atom. The van der Waals surface area contributed by atoms with Gasteiger partial charge < -0.3 is 5.11 Å². The molecule has 0 unspecified atom stereocenters. The second kappa shape index (κ2) is 4.51. The van der Waals surface area contributed by atoms with Gasteiger partial charge in [-0.05, 0) is 38.5 Å².